The highest BCUT2D eigenvalue weighted by Crippen LogP contribution is 2.23. The van der Waals surface area contributed by atoms with Crippen LogP contribution in [0.15, 0.2) is 12.5 Å². The van der Waals surface area contributed by atoms with Crippen molar-refractivity contribution >= 4 is 5.91 Å². The smallest absolute Gasteiger partial charge is 0.222 e. The zero-order chi connectivity index (χ0) is 12.5. The van der Waals surface area contributed by atoms with Crippen molar-refractivity contribution < 1.29 is 4.79 Å². The van der Waals surface area contributed by atoms with Crippen LogP contribution in [0.1, 0.15) is 24.1 Å². The van der Waals surface area contributed by atoms with Gasteiger partial charge in [-0.25, -0.2) is 9.97 Å². The van der Waals surface area contributed by atoms with Crippen molar-refractivity contribution in [3.63, 3.8) is 0 Å². The number of aromatic nitrogens is 2. The lowest BCUT2D eigenvalue weighted by Gasteiger charge is -2.32. The Labute approximate surface area is 107 Å². The number of likely N-dealkylation sites (tertiary alicyclic amines) is 1. The van der Waals surface area contributed by atoms with E-state index in [1.165, 1.54) is 5.56 Å². The molecule has 0 bridgehead atoms. The molecule has 2 aliphatic heterocycles. The van der Waals surface area contributed by atoms with Crippen molar-refractivity contribution in [3.05, 3.63) is 23.8 Å². The molecular weight excluding hydrogens is 228 g/mol. The second kappa shape index (κ2) is 4.65. The number of piperidine rings is 1. The maximum atomic E-state index is 11.4. The molecule has 1 saturated heterocycles. The number of hydrogen-bond acceptors (Lipinski definition) is 4. The second-order valence-corrected chi connectivity index (χ2v) is 5.34. The van der Waals surface area contributed by atoms with Crippen molar-refractivity contribution in [2.24, 2.45) is 5.92 Å². The Morgan fingerprint density at radius 3 is 3.11 bits per heavy atom. The van der Waals surface area contributed by atoms with E-state index in [1.54, 1.807) is 6.33 Å². The van der Waals surface area contributed by atoms with Crippen molar-refractivity contribution in [3.8, 4) is 0 Å². The minimum absolute atomic E-state index is 0.279. The zero-order valence-corrected chi connectivity index (χ0v) is 10.7. The summed E-state index contributed by atoms with van der Waals surface area (Å²) in [4.78, 5) is 24.1. The van der Waals surface area contributed by atoms with Crippen LogP contribution in [0, 0.1) is 5.92 Å². The van der Waals surface area contributed by atoms with Gasteiger partial charge in [0.2, 0.25) is 5.91 Å². The third kappa shape index (κ3) is 2.22. The molecule has 0 aliphatic carbocycles. The van der Waals surface area contributed by atoms with Gasteiger partial charge in [-0.1, -0.05) is 0 Å². The maximum Gasteiger partial charge on any atom is 0.222 e. The second-order valence-electron chi connectivity index (χ2n) is 5.34. The molecule has 0 N–H and O–H groups in total. The standard InChI is InChI=1S/C13H18N4O/c1-16-5-10(2-3-13(16)18)6-17-7-11-4-14-9-15-12(11)8-17/h4,9-10H,2-3,5-8H2,1H3. The molecule has 18 heavy (non-hydrogen) atoms. The van der Waals surface area contributed by atoms with E-state index in [1.807, 2.05) is 18.1 Å². The largest absolute Gasteiger partial charge is 0.345 e. The Bertz CT molecular complexity index is 437. The average molecular weight is 246 g/mol. The molecule has 1 amide bonds. The van der Waals surface area contributed by atoms with Crippen molar-refractivity contribution in [1.82, 2.24) is 19.8 Å². The van der Waals surface area contributed by atoms with E-state index >= 15 is 0 Å². The number of hydrogen-bond donors (Lipinski definition) is 0. The molecule has 5 nitrogen and oxygen atoms in total. The number of carbonyl (C=O) groups excluding carboxylic acids is 1. The van der Waals surface area contributed by atoms with Crippen molar-refractivity contribution in [1.29, 1.82) is 0 Å². The summed E-state index contributed by atoms with van der Waals surface area (Å²) in [6.07, 6.45) is 5.25. The Morgan fingerprint density at radius 2 is 2.33 bits per heavy atom. The summed E-state index contributed by atoms with van der Waals surface area (Å²) in [6, 6.07) is 0. The summed E-state index contributed by atoms with van der Waals surface area (Å²) >= 11 is 0. The van der Waals surface area contributed by atoms with E-state index in [-0.39, 0.29) is 5.91 Å². The first kappa shape index (κ1) is 11.6. The molecule has 3 heterocycles. The first-order valence-corrected chi connectivity index (χ1v) is 6.46. The number of rotatable bonds is 2. The molecule has 0 aromatic carbocycles. The van der Waals surface area contributed by atoms with Gasteiger partial charge < -0.3 is 4.90 Å². The highest BCUT2D eigenvalue weighted by molar-refractivity contribution is 5.76. The van der Waals surface area contributed by atoms with E-state index in [2.05, 4.69) is 14.9 Å². The summed E-state index contributed by atoms with van der Waals surface area (Å²) in [6.45, 7) is 3.81. The fourth-order valence-corrected chi connectivity index (χ4v) is 2.91. The third-order valence-electron chi connectivity index (χ3n) is 3.89. The molecule has 1 atom stereocenters. The van der Waals surface area contributed by atoms with Gasteiger partial charge >= 0.3 is 0 Å². The fraction of sp³-hybridized carbons (Fsp3) is 0.615. The van der Waals surface area contributed by atoms with E-state index < -0.39 is 0 Å². The number of amides is 1. The van der Waals surface area contributed by atoms with Crippen LogP contribution >= 0.6 is 0 Å². The lowest BCUT2D eigenvalue weighted by atomic mass is 9.97. The van der Waals surface area contributed by atoms with Crippen LogP contribution in [0.3, 0.4) is 0 Å². The van der Waals surface area contributed by atoms with Gasteiger partial charge in [0.15, 0.2) is 0 Å². The monoisotopic (exact) mass is 246 g/mol. The van der Waals surface area contributed by atoms with Gasteiger partial charge in [-0.3, -0.25) is 9.69 Å². The van der Waals surface area contributed by atoms with Gasteiger partial charge in [0.1, 0.15) is 6.33 Å². The molecule has 5 heteroatoms. The summed E-state index contributed by atoms with van der Waals surface area (Å²) in [5.41, 5.74) is 2.41. The van der Waals surface area contributed by atoms with Crippen molar-refractivity contribution in [2.45, 2.75) is 25.9 Å². The van der Waals surface area contributed by atoms with Crippen molar-refractivity contribution in [2.75, 3.05) is 20.1 Å². The minimum Gasteiger partial charge on any atom is -0.345 e. The molecule has 96 valence electrons. The first-order chi connectivity index (χ1) is 8.72. The lowest BCUT2D eigenvalue weighted by molar-refractivity contribution is -0.133. The topological polar surface area (TPSA) is 49.3 Å². The Hall–Kier alpha value is -1.49. The van der Waals surface area contributed by atoms with Gasteiger partial charge in [-0.05, 0) is 12.3 Å². The molecule has 1 aromatic rings. The van der Waals surface area contributed by atoms with Crippen LogP contribution < -0.4 is 0 Å². The molecule has 0 saturated carbocycles. The van der Waals surface area contributed by atoms with E-state index in [9.17, 15) is 4.79 Å². The Kier molecular flexibility index (Phi) is 2.99. The predicted octanol–water partition coefficient (Wildman–Crippen LogP) is 0.661. The Balaban J connectivity index is 1.58. The lowest BCUT2D eigenvalue weighted by Crippen LogP contribution is -2.40. The molecule has 2 aliphatic rings. The van der Waals surface area contributed by atoms with Crippen LogP contribution in [0.4, 0.5) is 0 Å². The highest BCUT2D eigenvalue weighted by atomic mass is 16.2. The first-order valence-electron chi connectivity index (χ1n) is 6.46. The minimum atomic E-state index is 0.279. The zero-order valence-electron chi connectivity index (χ0n) is 10.7. The number of carbonyl (C=O) groups is 1. The highest BCUT2D eigenvalue weighted by Gasteiger charge is 2.27. The molecule has 1 aromatic heterocycles. The fourth-order valence-electron chi connectivity index (χ4n) is 2.91. The number of fused-ring (bicyclic) bond motifs is 1. The summed E-state index contributed by atoms with van der Waals surface area (Å²) in [5.74, 6) is 0.872. The summed E-state index contributed by atoms with van der Waals surface area (Å²) in [5, 5.41) is 0. The molecular formula is C13H18N4O. The van der Waals surface area contributed by atoms with Crippen LogP contribution in [-0.4, -0.2) is 45.8 Å². The molecule has 1 unspecified atom stereocenters. The normalized spacial score (nSPS) is 24.4. The van der Waals surface area contributed by atoms with Crippen LogP contribution in [0.2, 0.25) is 0 Å². The predicted molar refractivity (Wildman–Crippen MR) is 66.5 cm³/mol. The molecule has 1 fully saturated rings. The van der Waals surface area contributed by atoms with Gasteiger partial charge in [0.25, 0.3) is 0 Å². The maximum absolute atomic E-state index is 11.4. The number of nitrogens with zero attached hydrogens (tertiary/aromatic N) is 4. The quantitative estimate of drug-likeness (QED) is 0.769. The van der Waals surface area contributed by atoms with E-state index in [0.717, 1.165) is 38.3 Å². The van der Waals surface area contributed by atoms with Crippen LogP contribution in [-0.2, 0) is 17.9 Å². The molecule has 3 rings (SSSR count). The van der Waals surface area contributed by atoms with Crippen LogP contribution in [0.25, 0.3) is 0 Å². The van der Waals surface area contributed by atoms with Gasteiger partial charge in [-0.15, -0.1) is 0 Å². The van der Waals surface area contributed by atoms with E-state index in [0.29, 0.717) is 12.3 Å². The summed E-state index contributed by atoms with van der Waals surface area (Å²) in [7, 11) is 1.90. The SMILES string of the molecule is CN1CC(CN2Cc3cncnc3C2)CCC1=O. The molecule has 0 spiro atoms. The molecule has 0 radical (unpaired) electrons. The van der Waals surface area contributed by atoms with Gasteiger partial charge in [-0.2, -0.15) is 0 Å². The van der Waals surface area contributed by atoms with Gasteiger partial charge in [0, 0.05) is 51.4 Å². The Morgan fingerprint density at radius 1 is 1.44 bits per heavy atom. The van der Waals surface area contributed by atoms with E-state index in [4.69, 9.17) is 0 Å². The van der Waals surface area contributed by atoms with Crippen LogP contribution in [0.5, 0.6) is 0 Å². The van der Waals surface area contributed by atoms with Gasteiger partial charge in [0.05, 0.1) is 5.69 Å². The summed E-state index contributed by atoms with van der Waals surface area (Å²) < 4.78 is 0. The average Bonchev–Trinajstić information content (AvgIpc) is 2.76. The third-order valence-corrected chi connectivity index (χ3v) is 3.89.